The van der Waals surface area contributed by atoms with Crippen LogP contribution < -0.4 is 15.0 Å². The number of halogens is 6. The largest absolute Gasteiger partial charge is 0.499 e. The molecular weight excluding hydrogens is 654 g/mol. The number of alkyl halides is 5. The fraction of sp³-hybridized carbons (Fsp3) is 0.233. The third-order valence-electron chi connectivity index (χ3n) is 6.54. The zero-order valence-electron chi connectivity index (χ0n) is 24.5. The van der Waals surface area contributed by atoms with Gasteiger partial charge in [-0.1, -0.05) is 23.9 Å². The lowest BCUT2D eigenvalue weighted by molar-refractivity contribution is -0.360. The van der Waals surface area contributed by atoms with Crippen LogP contribution in [-0.4, -0.2) is 56.5 Å². The van der Waals surface area contributed by atoms with Gasteiger partial charge < -0.3 is 14.8 Å². The van der Waals surface area contributed by atoms with Crippen LogP contribution in [0.25, 0.3) is 17.1 Å². The van der Waals surface area contributed by atoms with E-state index < -0.39 is 29.9 Å². The molecule has 2 heterocycles. The van der Waals surface area contributed by atoms with Gasteiger partial charge in [-0.05, 0) is 67.9 Å². The number of hydrogen-bond donors (Lipinski definition) is 1. The van der Waals surface area contributed by atoms with Gasteiger partial charge in [-0.2, -0.15) is 26.9 Å². The van der Waals surface area contributed by atoms with Crippen LogP contribution in [0.1, 0.15) is 18.1 Å². The van der Waals surface area contributed by atoms with Crippen molar-refractivity contribution in [3.63, 3.8) is 0 Å². The van der Waals surface area contributed by atoms with Crippen LogP contribution in [0.15, 0.2) is 72.0 Å². The fourth-order valence-electron chi connectivity index (χ4n) is 4.28. The summed E-state index contributed by atoms with van der Waals surface area (Å²) in [4.78, 5) is 35.0. The van der Waals surface area contributed by atoms with E-state index in [0.29, 0.717) is 12.3 Å². The summed E-state index contributed by atoms with van der Waals surface area (Å²) >= 11 is 1.07. The predicted molar refractivity (Wildman–Crippen MR) is 161 cm³/mol. The smallest absolute Gasteiger partial charge is 0.426 e. The molecule has 10 nitrogen and oxygen atoms in total. The highest BCUT2D eigenvalue weighted by Crippen LogP contribution is 2.37. The van der Waals surface area contributed by atoms with E-state index in [2.05, 4.69) is 25.1 Å². The van der Waals surface area contributed by atoms with E-state index in [1.165, 1.54) is 40.2 Å². The Morgan fingerprint density at radius 3 is 2.49 bits per heavy atom. The first-order valence-electron chi connectivity index (χ1n) is 13.7. The number of hydrogen-bond acceptors (Lipinski definition) is 7. The quantitative estimate of drug-likeness (QED) is 0.188. The molecule has 0 aliphatic carbocycles. The van der Waals surface area contributed by atoms with Gasteiger partial charge in [0.25, 0.3) is 0 Å². The Kier molecular flexibility index (Phi) is 9.58. The average Bonchev–Trinajstić information content (AvgIpc) is 3.64. The molecule has 1 fully saturated rings. The predicted octanol–water partition coefficient (Wildman–Crippen LogP) is 7.12. The maximum absolute atomic E-state index is 15.1. The molecule has 3 amide bonds. The zero-order chi connectivity index (χ0) is 33.9. The van der Waals surface area contributed by atoms with Crippen LogP contribution in [0.2, 0.25) is 0 Å². The zero-order valence-corrected chi connectivity index (χ0v) is 25.3. The molecule has 0 atom stereocenters. The van der Waals surface area contributed by atoms with Crippen LogP contribution in [0.4, 0.5) is 42.5 Å². The van der Waals surface area contributed by atoms with Crippen molar-refractivity contribution in [3.05, 3.63) is 83.9 Å². The van der Waals surface area contributed by atoms with Gasteiger partial charge in [0.1, 0.15) is 17.9 Å². The monoisotopic (exact) mass is 678 g/mol. The lowest BCUT2D eigenvalue weighted by Crippen LogP contribution is -2.41. The Labute approximate surface area is 267 Å². The standard InChI is InChI=1S/C30H24F6N6O4S/c1-3-45-14-19-5-4-17(2)12-24(19)42-25(43)15-47-28(42)39-27(44)38-23-11-6-18(13-22(23)31)26-37-16-41(40-26)20-7-9-21(10-8-20)46-30(35,36)29(32,33)34/h4-13,16H,3,14-15H2,1-2H3,(H,38,44)/b39-28-. The molecule has 0 radical (unpaired) electrons. The molecule has 0 spiro atoms. The van der Waals surface area contributed by atoms with E-state index in [-0.39, 0.29) is 46.2 Å². The number of urea groups is 1. The van der Waals surface area contributed by atoms with Gasteiger partial charge in [0.2, 0.25) is 5.91 Å². The van der Waals surface area contributed by atoms with Gasteiger partial charge in [0.15, 0.2) is 11.0 Å². The summed E-state index contributed by atoms with van der Waals surface area (Å²) in [6, 6.07) is 12.5. The lowest BCUT2D eigenvalue weighted by Gasteiger charge is -2.20. The summed E-state index contributed by atoms with van der Waals surface area (Å²) in [5.41, 5.74) is 2.39. The van der Waals surface area contributed by atoms with Gasteiger partial charge in [0, 0.05) is 17.7 Å². The molecule has 4 aromatic rings. The maximum Gasteiger partial charge on any atom is 0.499 e. The molecule has 1 aromatic heterocycles. The van der Waals surface area contributed by atoms with E-state index in [1.54, 1.807) is 6.07 Å². The SMILES string of the molecule is CCOCc1ccc(C)cc1N1C(=O)CS/C1=N\C(=O)Nc1ccc(-c2ncn(-c3ccc(OC(F)(F)C(F)(F)F)cc3)n2)cc1F. The summed E-state index contributed by atoms with van der Waals surface area (Å²) in [7, 11) is 0. The first kappa shape index (κ1) is 33.5. The van der Waals surface area contributed by atoms with Gasteiger partial charge in [-0.3, -0.25) is 9.69 Å². The van der Waals surface area contributed by atoms with Gasteiger partial charge in [-0.25, -0.2) is 18.9 Å². The van der Waals surface area contributed by atoms with Crippen LogP contribution in [0, 0.1) is 12.7 Å². The number of carbonyl (C=O) groups excluding carboxylic acids is 2. The molecule has 1 aliphatic rings. The number of rotatable bonds is 9. The molecule has 5 rings (SSSR count). The molecule has 0 saturated carbocycles. The summed E-state index contributed by atoms with van der Waals surface area (Å²) in [5.74, 6) is -1.75. The summed E-state index contributed by atoms with van der Waals surface area (Å²) in [5, 5.41) is 6.67. The molecule has 47 heavy (non-hydrogen) atoms. The van der Waals surface area contributed by atoms with Crippen molar-refractivity contribution in [2.45, 2.75) is 32.7 Å². The highest BCUT2D eigenvalue weighted by Gasteiger charge is 2.61. The van der Waals surface area contributed by atoms with Crippen molar-refractivity contribution in [1.29, 1.82) is 0 Å². The number of carbonyl (C=O) groups is 2. The number of amides is 3. The minimum Gasteiger partial charge on any atom is -0.426 e. The van der Waals surface area contributed by atoms with Crippen molar-refractivity contribution in [2.75, 3.05) is 22.6 Å². The van der Waals surface area contributed by atoms with E-state index in [4.69, 9.17) is 4.74 Å². The number of ether oxygens (including phenoxy) is 2. The second-order valence-corrected chi connectivity index (χ2v) is 10.9. The van der Waals surface area contributed by atoms with Gasteiger partial charge in [-0.15, -0.1) is 5.10 Å². The van der Waals surface area contributed by atoms with Crippen molar-refractivity contribution in [2.24, 2.45) is 4.99 Å². The van der Waals surface area contributed by atoms with Gasteiger partial charge in [0.05, 0.1) is 29.4 Å². The average molecular weight is 679 g/mol. The first-order chi connectivity index (χ1) is 22.3. The highest BCUT2D eigenvalue weighted by atomic mass is 32.2. The number of nitrogens with zero attached hydrogens (tertiary/aromatic N) is 5. The van der Waals surface area contributed by atoms with E-state index in [9.17, 15) is 31.5 Å². The van der Waals surface area contributed by atoms with Crippen molar-refractivity contribution >= 4 is 40.2 Å². The number of aryl methyl sites for hydroxylation is 1. The Balaban J connectivity index is 1.28. The Morgan fingerprint density at radius 2 is 1.81 bits per heavy atom. The number of aromatic nitrogens is 3. The fourth-order valence-corrected chi connectivity index (χ4v) is 5.13. The topological polar surface area (TPSA) is 111 Å². The summed E-state index contributed by atoms with van der Waals surface area (Å²) in [6.45, 7) is 4.42. The highest BCUT2D eigenvalue weighted by molar-refractivity contribution is 8.15. The first-order valence-corrected chi connectivity index (χ1v) is 14.7. The summed E-state index contributed by atoms with van der Waals surface area (Å²) < 4.78 is 89.0. The van der Waals surface area contributed by atoms with E-state index >= 15 is 4.39 Å². The van der Waals surface area contributed by atoms with Crippen LogP contribution in [-0.2, 0) is 16.1 Å². The van der Waals surface area contributed by atoms with Gasteiger partial charge >= 0.3 is 18.3 Å². The second kappa shape index (κ2) is 13.4. The van der Waals surface area contributed by atoms with Crippen molar-refractivity contribution < 1.29 is 45.4 Å². The molecule has 1 aliphatic heterocycles. The molecule has 1 N–H and O–H groups in total. The van der Waals surface area contributed by atoms with E-state index in [0.717, 1.165) is 41.1 Å². The molecule has 246 valence electrons. The van der Waals surface area contributed by atoms with E-state index in [1.807, 2.05) is 26.0 Å². The minimum atomic E-state index is -5.89. The molecular formula is C30H24F6N6O4S. The Bertz CT molecular complexity index is 1830. The number of benzene rings is 3. The van der Waals surface area contributed by atoms with Crippen LogP contribution in [0.3, 0.4) is 0 Å². The Morgan fingerprint density at radius 1 is 1.06 bits per heavy atom. The maximum atomic E-state index is 15.1. The van der Waals surface area contributed by atoms with Crippen molar-refractivity contribution in [1.82, 2.24) is 14.8 Å². The summed E-state index contributed by atoms with van der Waals surface area (Å²) in [6.07, 6.45) is -10.0. The second-order valence-electron chi connectivity index (χ2n) is 9.93. The normalized spacial score (nSPS) is 14.6. The third kappa shape index (κ3) is 7.57. The lowest BCUT2D eigenvalue weighted by atomic mass is 10.1. The minimum absolute atomic E-state index is 0.0449. The number of aliphatic imine (C=N–C) groups is 1. The number of anilines is 2. The molecule has 0 unspecified atom stereocenters. The number of amidine groups is 1. The third-order valence-corrected chi connectivity index (χ3v) is 7.47. The molecule has 1 saturated heterocycles. The molecule has 3 aromatic carbocycles. The molecule has 0 bridgehead atoms. The van der Waals surface area contributed by atoms with Crippen LogP contribution in [0.5, 0.6) is 5.75 Å². The van der Waals surface area contributed by atoms with Crippen molar-refractivity contribution in [3.8, 4) is 22.8 Å². The van der Waals surface area contributed by atoms with Crippen LogP contribution >= 0.6 is 11.8 Å². The molecule has 17 heteroatoms. The number of thioether (sulfide) groups is 1. The number of nitrogens with one attached hydrogen (secondary N) is 1. The Hall–Kier alpha value is -4.90.